The number of hydrogen-bond donors (Lipinski definition) is 0. The summed E-state index contributed by atoms with van der Waals surface area (Å²) >= 11 is 5.55. The monoisotopic (exact) mass is 305 g/mol. The Morgan fingerprint density at radius 1 is 1.42 bits per heavy atom. The Labute approximate surface area is 117 Å². The lowest BCUT2D eigenvalue weighted by Crippen LogP contribution is -2.37. The van der Waals surface area contributed by atoms with Gasteiger partial charge in [-0.15, -0.1) is 0 Å². The van der Waals surface area contributed by atoms with Crippen LogP contribution in [-0.4, -0.2) is 49.0 Å². The van der Waals surface area contributed by atoms with Crippen LogP contribution in [0, 0.1) is 0 Å². The zero-order valence-electron chi connectivity index (χ0n) is 10.6. The summed E-state index contributed by atoms with van der Waals surface area (Å²) in [6.07, 6.45) is 5.38. The van der Waals surface area contributed by atoms with Gasteiger partial charge in [0, 0.05) is 20.2 Å². The standard InChI is InChI=1S/C11H16ClN3O3S/c1-15(8-9-4-2-3-5-18-9)19(16,17)10-6-13-11(12)14-7-10/h6-7,9H,2-5,8H2,1H3. The smallest absolute Gasteiger partial charge is 0.245 e. The second-order valence-corrected chi connectivity index (χ2v) is 6.84. The van der Waals surface area contributed by atoms with Gasteiger partial charge in [0.15, 0.2) is 0 Å². The molecule has 106 valence electrons. The van der Waals surface area contributed by atoms with E-state index in [1.165, 1.54) is 23.7 Å². The van der Waals surface area contributed by atoms with Crippen molar-refractivity contribution in [2.45, 2.75) is 30.3 Å². The van der Waals surface area contributed by atoms with Crippen LogP contribution in [0.15, 0.2) is 17.3 Å². The average Bonchev–Trinajstić information content (AvgIpc) is 2.40. The van der Waals surface area contributed by atoms with Gasteiger partial charge in [0.2, 0.25) is 15.3 Å². The molecule has 0 radical (unpaired) electrons. The van der Waals surface area contributed by atoms with Crippen LogP contribution in [0.5, 0.6) is 0 Å². The van der Waals surface area contributed by atoms with Gasteiger partial charge in [-0.3, -0.25) is 0 Å². The molecule has 1 aromatic heterocycles. The molecule has 1 unspecified atom stereocenters. The van der Waals surface area contributed by atoms with Crippen molar-refractivity contribution in [2.24, 2.45) is 0 Å². The Bertz CT molecular complexity index is 514. The van der Waals surface area contributed by atoms with E-state index in [-0.39, 0.29) is 16.3 Å². The molecule has 1 aromatic rings. The predicted molar refractivity (Wildman–Crippen MR) is 70.4 cm³/mol. The third-order valence-electron chi connectivity index (χ3n) is 3.04. The summed E-state index contributed by atoms with van der Waals surface area (Å²) in [6, 6.07) is 0. The molecule has 1 fully saturated rings. The van der Waals surface area contributed by atoms with E-state index in [9.17, 15) is 8.42 Å². The summed E-state index contributed by atoms with van der Waals surface area (Å²) in [6.45, 7) is 1.04. The molecule has 8 heteroatoms. The highest BCUT2D eigenvalue weighted by Crippen LogP contribution is 2.18. The van der Waals surface area contributed by atoms with Crippen LogP contribution in [0.4, 0.5) is 0 Å². The molecule has 0 aromatic carbocycles. The Morgan fingerprint density at radius 2 is 2.11 bits per heavy atom. The number of rotatable bonds is 4. The largest absolute Gasteiger partial charge is 0.377 e. The molecule has 0 amide bonds. The number of likely N-dealkylation sites (N-methyl/N-ethyl adjacent to an activating group) is 1. The SMILES string of the molecule is CN(CC1CCCCO1)S(=O)(=O)c1cnc(Cl)nc1. The van der Waals surface area contributed by atoms with E-state index in [0.717, 1.165) is 19.3 Å². The van der Waals surface area contributed by atoms with E-state index in [0.29, 0.717) is 13.2 Å². The minimum absolute atomic E-state index is 0.0252. The molecular formula is C11H16ClN3O3S. The molecule has 0 bridgehead atoms. The zero-order valence-corrected chi connectivity index (χ0v) is 12.2. The highest BCUT2D eigenvalue weighted by atomic mass is 35.5. The van der Waals surface area contributed by atoms with E-state index in [2.05, 4.69) is 9.97 Å². The molecule has 0 N–H and O–H groups in total. The molecule has 0 saturated carbocycles. The molecule has 2 rings (SSSR count). The summed E-state index contributed by atoms with van der Waals surface area (Å²) in [5.74, 6) is 0. The van der Waals surface area contributed by atoms with Gasteiger partial charge in [-0.05, 0) is 30.9 Å². The van der Waals surface area contributed by atoms with Crippen molar-refractivity contribution in [3.05, 3.63) is 17.7 Å². The molecule has 1 aliphatic rings. The molecule has 1 saturated heterocycles. The Balaban J connectivity index is 2.07. The second kappa shape index (κ2) is 6.13. The van der Waals surface area contributed by atoms with E-state index in [1.807, 2.05) is 0 Å². The number of hydrogen-bond acceptors (Lipinski definition) is 5. The van der Waals surface area contributed by atoms with Crippen molar-refractivity contribution in [3.8, 4) is 0 Å². The molecule has 1 atom stereocenters. The summed E-state index contributed by atoms with van der Waals surface area (Å²) in [5, 5.41) is 0.0252. The van der Waals surface area contributed by atoms with Crippen molar-refractivity contribution in [2.75, 3.05) is 20.2 Å². The molecule has 2 heterocycles. The molecule has 19 heavy (non-hydrogen) atoms. The summed E-state index contributed by atoms with van der Waals surface area (Å²) in [4.78, 5) is 7.42. The van der Waals surface area contributed by atoms with Crippen molar-refractivity contribution >= 4 is 21.6 Å². The van der Waals surface area contributed by atoms with Gasteiger partial charge in [0.1, 0.15) is 4.90 Å². The van der Waals surface area contributed by atoms with Crippen LogP contribution in [0.2, 0.25) is 5.28 Å². The highest BCUT2D eigenvalue weighted by molar-refractivity contribution is 7.89. The number of halogens is 1. The topological polar surface area (TPSA) is 72.4 Å². The first-order valence-electron chi connectivity index (χ1n) is 6.05. The van der Waals surface area contributed by atoms with E-state index in [1.54, 1.807) is 0 Å². The maximum atomic E-state index is 12.3. The zero-order chi connectivity index (χ0) is 13.9. The third kappa shape index (κ3) is 3.62. The van der Waals surface area contributed by atoms with Crippen LogP contribution in [0.25, 0.3) is 0 Å². The molecule has 0 spiro atoms. The Hall–Kier alpha value is -0.760. The van der Waals surface area contributed by atoms with Gasteiger partial charge in [0.05, 0.1) is 18.5 Å². The Morgan fingerprint density at radius 3 is 2.68 bits per heavy atom. The van der Waals surface area contributed by atoms with Crippen molar-refractivity contribution < 1.29 is 13.2 Å². The van der Waals surface area contributed by atoms with Gasteiger partial charge in [-0.25, -0.2) is 18.4 Å². The number of aromatic nitrogens is 2. The van der Waals surface area contributed by atoms with Crippen LogP contribution >= 0.6 is 11.6 Å². The fourth-order valence-electron chi connectivity index (χ4n) is 1.95. The van der Waals surface area contributed by atoms with Gasteiger partial charge >= 0.3 is 0 Å². The fraction of sp³-hybridized carbons (Fsp3) is 0.636. The van der Waals surface area contributed by atoms with Crippen LogP contribution in [0.1, 0.15) is 19.3 Å². The lowest BCUT2D eigenvalue weighted by molar-refractivity contribution is 0.00858. The second-order valence-electron chi connectivity index (χ2n) is 4.46. The van der Waals surface area contributed by atoms with Crippen molar-refractivity contribution in [1.29, 1.82) is 0 Å². The molecule has 6 nitrogen and oxygen atoms in total. The van der Waals surface area contributed by atoms with E-state index < -0.39 is 10.0 Å². The quantitative estimate of drug-likeness (QED) is 0.785. The number of sulfonamides is 1. The van der Waals surface area contributed by atoms with Gasteiger partial charge in [-0.2, -0.15) is 4.31 Å². The average molecular weight is 306 g/mol. The summed E-state index contributed by atoms with van der Waals surface area (Å²) in [7, 11) is -2.06. The van der Waals surface area contributed by atoms with E-state index >= 15 is 0 Å². The maximum Gasteiger partial charge on any atom is 0.245 e. The molecule has 1 aliphatic heterocycles. The number of nitrogens with zero attached hydrogens (tertiary/aromatic N) is 3. The predicted octanol–water partition coefficient (Wildman–Crippen LogP) is 1.32. The Kier molecular flexibility index (Phi) is 4.72. The van der Waals surface area contributed by atoms with Crippen molar-refractivity contribution in [3.63, 3.8) is 0 Å². The van der Waals surface area contributed by atoms with Gasteiger partial charge < -0.3 is 4.74 Å². The van der Waals surface area contributed by atoms with Crippen LogP contribution in [-0.2, 0) is 14.8 Å². The first kappa shape index (κ1) is 14.6. The highest BCUT2D eigenvalue weighted by Gasteiger charge is 2.25. The molecule has 0 aliphatic carbocycles. The van der Waals surface area contributed by atoms with Crippen molar-refractivity contribution in [1.82, 2.24) is 14.3 Å². The van der Waals surface area contributed by atoms with Gasteiger partial charge in [0.25, 0.3) is 0 Å². The first-order chi connectivity index (χ1) is 9.00. The van der Waals surface area contributed by atoms with Crippen LogP contribution < -0.4 is 0 Å². The third-order valence-corrected chi connectivity index (χ3v) is 5.01. The molecular weight excluding hydrogens is 290 g/mol. The lowest BCUT2D eigenvalue weighted by atomic mass is 10.1. The first-order valence-corrected chi connectivity index (χ1v) is 7.87. The maximum absolute atomic E-state index is 12.3. The number of ether oxygens (including phenoxy) is 1. The minimum atomic E-state index is -3.59. The fourth-order valence-corrected chi connectivity index (χ4v) is 3.14. The van der Waals surface area contributed by atoms with Gasteiger partial charge in [-0.1, -0.05) is 0 Å². The summed E-state index contributed by atoms with van der Waals surface area (Å²) < 4.78 is 31.3. The normalized spacial score (nSPS) is 20.7. The minimum Gasteiger partial charge on any atom is -0.377 e. The van der Waals surface area contributed by atoms with E-state index in [4.69, 9.17) is 16.3 Å². The summed E-state index contributed by atoms with van der Waals surface area (Å²) in [5.41, 5.74) is 0. The lowest BCUT2D eigenvalue weighted by Gasteiger charge is -2.26. The van der Waals surface area contributed by atoms with Crippen LogP contribution in [0.3, 0.4) is 0 Å².